The molecule has 4 nitrogen and oxygen atoms in total. The van der Waals surface area contributed by atoms with Crippen LogP contribution in [0.3, 0.4) is 0 Å². The van der Waals surface area contributed by atoms with Crippen LogP contribution in [0.25, 0.3) is 0 Å². The molecule has 1 unspecified atom stereocenters. The Morgan fingerprint density at radius 3 is 2.82 bits per heavy atom. The van der Waals surface area contributed by atoms with Crippen molar-refractivity contribution < 1.29 is 18.7 Å². The SMILES string of the molecule is CN1c2cc(F)c(F)cc2NC1SCC(=O)O. The summed E-state index contributed by atoms with van der Waals surface area (Å²) in [6.45, 7) is 0. The molecule has 0 bridgehead atoms. The minimum atomic E-state index is -0.932. The van der Waals surface area contributed by atoms with Crippen LogP contribution in [-0.2, 0) is 4.79 Å². The van der Waals surface area contributed by atoms with Crippen LogP contribution in [-0.4, -0.2) is 29.4 Å². The van der Waals surface area contributed by atoms with Crippen molar-refractivity contribution in [2.75, 3.05) is 23.0 Å². The molecule has 0 aromatic heterocycles. The summed E-state index contributed by atoms with van der Waals surface area (Å²) in [4.78, 5) is 12.1. The summed E-state index contributed by atoms with van der Waals surface area (Å²) in [6.07, 6.45) is 0. The molecule has 1 aromatic rings. The van der Waals surface area contributed by atoms with E-state index in [9.17, 15) is 13.6 Å². The Kier molecular flexibility index (Phi) is 3.10. The second-order valence-corrected chi connectivity index (χ2v) is 4.66. The zero-order valence-electron chi connectivity index (χ0n) is 8.91. The second-order valence-electron chi connectivity index (χ2n) is 3.60. The summed E-state index contributed by atoms with van der Waals surface area (Å²) >= 11 is 1.14. The predicted octanol–water partition coefficient (Wildman–Crippen LogP) is 1.93. The van der Waals surface area contributed by atoms with E-state index < -0.39 is 17.6 Å². The molecule has 0 radical (unpaired) electrons. The smallest absolute Gasteiger partial charge is 0.313 e. The second kappa shape index (κ2) is 4.40. The van der Waals surface area contributed by atoms with Crippen LogP contribution in [0, 0.1) is 11.6 Å². The maximum atomic E-state index is 13.1. The van der Waals surface area contributed by atoms with Gasteiger partial charge in [-0.1, -0.05) is 0 Å². The number of carboxylic acid groups (broad SMARTS) is 1. The Hall–Kier alpha value is -1.50. The molecule has 17 heavy (non-hydrogen) atoms. The fraction of sp³-hybridized carbons (Fsp3) is 0.300. The van der Waals surface area contributed by atoms with Gasteiger partial charge in [0.05, 0.1) is 17.1 Å². The summed E-state index contributed by atoms with van der Waals surface area (Å²) in [7, 11) is 1.69. The average Bonchev–Trinajstić information content (AvgIpc) is 2.54. The number of nitrogens with one attached hydrogen (secondary N) is 1. The number of carboxylic acids is 1. The summed E-state index contributed by atoms with van der Waals surface area (Å²) in [5.74, 6) is -2.85. The molecule has 1 aliphatic heterocycles. The van der Waals surface area contributed by atoms with E-state index in [1.54, 1.807) is 11.9 Å². The van der Waals surface area contributed by atoms with Crippen molar-refractivity contribution >= 4 is 29.1 Å². The van der Waals surface area contributed by atoms with E-state index in [1.165, 1.54) is 0 Å². The van der Waals surface area contributed by atoms with Crippen LogP contribution in [0.1, 0.15) is 0 Å². The minimum Gasteiger partial charge on any atom is -0.481 e. The van der Waals surface area contributed by atoms with Gasteiger partial charge in [0.2, 0.25) is 0 Å². The van der Waals surface area contributed by atoms with Crippen molar-refractivity contribution in [3.63, 3.8) is 0 Å². The van der Waals surface area contributed by atoms with Crippen molar-refractivity contribution in [2.45, 2.75) is 5.50 Å². The standard InChI is InChI=1S/C10H10F2N2O2S/c1-14-8-3-6(12)5(11)2-7(8)13-10(14)17-4-9(15)16/h2-3,10,13H,4H2,1H3,(H,15,16). The molecule has 0 aliphatic carbocycles. The number of hydrogen-bond donors (Lipinski definition) is 2. The first-order valence-electron chi connectivity index (χ1n) is 4.81. The molecular formula is C10H10F2N2O2S. The van der Waals surface area contributed by atoms with Gasteiger partial charge in [-0.25, -0.2) is 8.78 Å². The van der Waals surface area contributed by atoms with Crippen LogP contribution in [0.5, 0.6) is 0 Å². The van der Waals surface area contributed by atoms with Gasteiger partial charge in [-0.15, -0.1) is 11.8 Å². The number of rotatable bonds is 3. The van der Waals surface area contributed by atoms with Crippen molar-refractivity contribution in [1.82, 2.24) is 0 Å². The zero-order valence-corrected chi connectivity index (χ0v) is 9.72. The lowest BCUT2D eigenvalue weighted by molar-refractivity contribution is -0.133. The number of anilines is 2. The summed E-state index contributed by atoms with van der Waals surface area (Å²) in [5.41, 5.74) is 0.656. The molecule has 1 atom stereocenters. The van der Waals surface area contributed by atoms with E-state index in [1.807, 2.05) is 0 Å². The lowest BCUT2D eigenvalue weighted by Crippen LogP contribution is -2.29. The maximum Gasteiger partial charge on any atom is 0.313 e. The van der Waals surface area contributed by atoms with Gasteiger partial charge in [0.15, 0.2) is 11.6 Å². The summed E-state index contributed by atoms with van der Waals surface area (Å²) in [5, 5.41) is 11.5. The Bertz CT molecular complexity index is 470. The number of thioether (sulfide) groups is 1. The third-order valence-electron chi connectivity index (χ3n) is 2.41. The highest BCUT2D eigenvalue weighted by Gasteiger charge is 2.28. The number of fused-ring (bicyclic) bond motifs is 1. The first-order chi connectivity index (χ1) is 7.99. The molecule has 1 heterocycles. The molecule has 92 valence electrons. The highest BCUT2D eigenvalue weighted by atomic mass is 32.2. The van der Waals surface area contributed by atoms with Crippen LogP contribution in [0.15, 0.2) is 12.1 Å². The van der Waals surface area contributed by atoms with Crippen LogP contribution < -0.4 is 10.2 Å². The van der Waals surface area contributed by atoms with Crippen molar-refractivity contribution in [3.05, 3.63) is 23.8 Å². The number of carbonyl (C=O) groups is 1. The van der Waals surface area contributed by atoms with Gasteiger partial charge in [-0.2, -0.15) is 0 Å². The molecule has 0 saturated heterocycles. The molecule has 2 N–H and O–H groups in total. The lowest BCUT2D eigenvalue weighted by atomic mass is 10.2. The van der Waals surface area contributed by atoms with Gasteiger partial charge in [-0.05, 0) is 0 Å². The molecule has 2 rings (SSSR count). The van der Waals surface area contributed by atoms with Crippen LogP contribution in [0.4, 0.5) is 20.2 Å². The minimum absolute atomic E-state index is 0.0824. The third kappa shape index (κ3) is 2.28. The van der Waals surface area contributed by atoms with Gasteiger partial charge in [0, 0.05) is 19.2 Å². The molecule has 1 aromatic carbocycles. The van der Waals surface area contributed by atoms with Gasteiger partial charge < -0.3 is 15.3 Å². The van der Waals surface area contributed by atoms with E-state index >= 15 is 0 Å². The number of aliphatic carboxylic acids is 1. The van der Waals surface area contributed by atoms with Crippen molar-refractivity contribution in [3.8, 4) is 0 Å². The topological polar surface area (TPSA) is 52.6 Å². The van der Waals surface area contributed by atoms with Gasteiger partial charge in [0.1, 0.15) is 5.50 Å². The van der Waals surface area contributed by atoms with Gasteiger partial charge in [-0.3, -0.25) is 4.79 Å². The van der Waals surface area contributed by atoms with Crippen LogP contribution in [0.2, 0.25) is 0 Å². The Labute approximate surface area is 101 Å². The molecule has 0 fully saturated rings. The third-order valence-corrected chi connectivity index (χ3v) is 3.58. The van der Waals surface area contributed by atoms with E-state index in [0.717, 1.165) is 23.9 Å². The number of halogens is 2. The summed E-state index contributed by atoms with van der Waals surface area (Å²) in [6, 6.07) is 2.17. The number of benzene rings is 1. The first-order valence-corrected chi connectivity index (χ1v) is 5.85. The Morgan fingerprint density at radius 1 is 1.53 bits per heavy atom. The first kappa shape index (κ1) is 12.0. The monoisotopic (exact) mass is 260 g/mol. The molecular weight excluding hydrogens is 250 g/mol. The maximum absolute atomic E-state index is 13.1. The molecule has 0 saturated carbocycles. The van der Waals surface area contributed by atoms with E-state index in [4.69, 9.17) is 5.11 Å². The van der Waals surface area contributed by atoms with Gasteiger partial charge >= 0.3 is 5.97 Å². The molecule has 7 heteroatoms. The zero-order chi connectivity index (χ0) is 12.6. The fourth-order valence-corrected chi connectivity index (χ4v) is 2.45. The van der Waals surface area contributed by atoms with Gasteiger partial charge in [0.25, 0.3) is 0 Å². The fourth-order valence-electron chi connectivity index (χ4n) is 1.60. The van der Waals surface area contributed by atoms with Crippen LogP contribution >= 0.6 is 11.8 Å². The number of nitrogens with zero attached hydrogens (tertiary/aromatic N) is 1. The summed E-state index contributed by atoms with van der Waals surface area (Å²) < 4.78 is 26.1. The largest absolute Gasteiger partial charge is 0.481 e. The average molecular weight is 260 g/mol. The molecule has 0 amide bonds. The Balaban J connectivity index is 2.17. The quantitative estimate of drug-likeness (QED) is 0.869. The Morgan fingerprint density at radius 2 is 2.18 bits per heavy atom. The van der Waals surface area contributed by atoms with Crippen molar-refractivity contribution in [1.29, 1.82) is 0 Å². The molecule has 1 aliphatic rings. The highest BCUT2D eigenvalue weighted by Crippen LogP contribution is 2.38. The van der Waals surface area contributed by atoms with E-state index in [-0.39, 0.29) is 11.3 Å². The van der Waals surface area contributed by atoms with E-state index in [0.29, 0.717) is 11.4 Å². The normalized spacial score (nSPS) is 17.8. The lowest BCUT2D eigenvalue weighted by Gasteiger charge is -2.20. The number of hydrogen-bond acceptors (Lipinski definition) is 4. The highest BCUT2D eigenvalue weighted by molar-refractivity contribution is 8.00. The molecule has 0 spiro atoms. The van der Waals surface area contributed by atoms with Crippen molar-refractivity contribution in [2.24, 2.45) is 0 Å². The predicted molar refractivity (Wildman–Crippen MR) is 62.3 cm³/mol. The van der Waals surface area contributed by atoms with E-state index in [2.05, 4.69) is 5.32 Å².